The van der Waals surface area contributed by atoms with E-state index in [4.69, 9.17) is 5.11 Å². The van der Waals surface area contributed by atoms with Crippen LogP contribution in [0.4, 0.5) is 11.4 Å². The standard InChI is InChI=1S/C14H20N2O3/c1-11-10-13(16(18)19)5-6-14(11)15-8-3-2-4-12(15)7-9-17/h5-6,10,12,17H,2-4,7-9H2,1H3. The van der Waals surface area contributed by atoms with Crippen LogP contribution in [0.1, 0.15) is 31.2 Å². The first-order valence-electron chi connectivity index (χ1n) is 6.76. The molecule has 0 radical (unpaired) electrons. The quantitative estimate of drug-likeness (QED) is 0.670. The molecule has 5 nitrogen and oxygen atoms in total. The maximum absolute atomic E-state index is 10.8. The summed E-state index contributed by atoms with van der Waals surface area (Å²) in [6, 6.07) is 5.37. The Labute approximate surface area is 113 Å². The first-order chi connectivity index (χ1) is 9.13. The predicted molar refractivity (Wildman–Crippen MR) is 74.5 cm³/mol. The summed E-state index contributed by atoms with van der Waals surface area (Å²) >= 11 is 0. The van der Waals surface area contributed by atoms with Crippen LogP contribution in [-0.2, 0) is 0 Å². The maximum atomic E-state index is 10.8. The summed E-state index contributed by atoms with van der Waals surface area (Å²) in [4.78, 5) is 12.7. The van der Waals surface area contributed by atoms with Gasteiger partial charge in [0, 0.05) is 37.0 Å². The van der Waals surface area contributed by atoms with Gasteiger partial charge in [0.25, 0.3) is 5.69 Å². The molecule has 5 heteroatoms. The number of aliphatic hydroxyl groups excluding tert-OH is 1. The van der Waals surface area contributed by atoms with Gasteiger partial charge in [-0.2, -0.15) is 0 Å². The normalized spacial score (nSPS) is 19.5. The van der Waals surface area contributed by atoms with E-state index in [1.807, 2.05) is 13.0 Å². The van der Waals surface area contributed by atoms with Gasteiger partial charge in [0.05, 0.1) is 4.92 Å². The number of nitrogens with zero attached hydrogens (tertiary/aromatic N) is 2. The minimum atomic E-state index is -0.363. The molecule has 0 spiro atoms. The lowest BCUT2D eigenvalue weighted by molar-refractivity contribution is -0.384. The van der Waals surface area contributed by atoms with Crippen molar-refractivity contribution in [1.82, 2.24) is 0 Å². The second-order valence-electron chi connectivity index (χ2n) is 5.08. The molecule has 0 amide bonds. The average molecular weight is 264 g/mol. The van der Waals surface area contributed by atoms with E-state index < -0.39 is 0 Å². The minimum absolute atomic E-state index is 0.136. The summed E-state index contributed by atoms with van der Waals surface area (Å²) in [7, 11) is 0. The first kappa shape index (κ1) is 13.8. The zero-order chi connectivity index (χ0) is 13.8. The molecule has 1 aromatic carbocycles. The van der Waals surface area contributed by atoms with Crippen LogP contribution in [0.3, 0.4) is 0 Å². The highest BCUT2D eigenvalue weighted by Gasteiger charge is 2.24. The van der Waals surface area contributed by atoms with E-state index in [0.29, 0.717) is 6.04 Å². The van der Waals surface area contributed by atoms with Crippen LogP contribution in [0.5, 0.6) is 0 Å². The van der Waals surface area contributed by atoms with E-state index in [1.54, 1.807) is 12.1 Å². The monoisotopic (exact) mass is 264 g/mol. The van der Waals surface area contributed by atoms with Gasteiger partial charge in [0.2, 0.25) is 0 Å². The van der Waals surface area contributed by atoms with Crippen molar-refractivity contribution >= 4 is 11.4 Å². The van der Waals surface area contributed by atoms with E-state index in [0.717, 1.165) is 37.1 Å². The van der Waals surface area contributed by atoms with Crippen molar-refractivity contribution in [2.45, 2.75) is 38.6 Å². The van der Waals surface area contributed by atoms with Gasteiger partial charge < -0.3 is 10.0 Å². The molecule has 1 fully saturated rings. The zero-order valence-corrected chi connectivity index (χ0v) is 11.2. The maximum Gasteiger partial charge on any atom is 0.269 e. The smallest absolute Gasteiger partial charge is 0.269 e. The molecular formula is C14H20N2O3. The van der Waals surface area contributed by atoms with E-state index in [-0.39, 0.29) is 17.2 Å². The Morgan fingerprint density at radius 3 is 2.89 bits per heavy atom. The summed E-state index contributed by atoms with van der Waals surface area (Å²) in [5.41, 5.74) is 2.12. The molecule has 1 atom stereocenters. The Morgan fingerprint density at radius 2 is 2.26 bits per heavy atom. The summed E-state index contributed by atoms with van der Waals surface area (Å²) in [5, 5.41) is 19.9. The number of piperidine rings is 1. The van der Waals surface area contributed by atoms with E-state index in [1.165, 1.54) is 6.42 Å². The van der Waals surface area contributed by atoms with Crippen molar-refractivity contribution in [3.8, 4) is 0 Å². The average Bonchev–Trinajstić information content (AvgIpc) is 2.40. The Kier molecular flexibility index (Phi) is 4.37. The fraction of sp³-hybridized carbons (Fsp3) is 0.571. The van der Waals surface area contributed by atoms with Gasteiger partial charge in [0.15, 0.2) is 0 Å². The largest absolute Gasteiger partial charge is 0.396 e. The molecule has 1 N–H and O–H groups in total. The van der Waals surface area contributed by atoms with Crippen LogP contribution in [0.25, 0.3) is 0 Å². The number of aryl methyl sites for hydroxylation is 1. The van der Waals surface area contributed by atoms with Crippen LogP contribution in [0, 0.1) is 17.0 Å². The minimum Gasteiger partial charge on any atom is -0.396 e. The molecule has 1 aliphatic heterocycles. The summed E-state index contributed by atoms with van der Waals surface area (Å²) in [6.07, 6.45) is 4.17. The van der Waals surface area contributed by atoms with Crippen molar-refractivity contribution in [2.75, 3.05) is 18.1 Å². The number of hydrogen-bond donors (Lipinski definition) is 1. The number of non-ortho nitro benzene ring substituents is 1. The van der Waals surface area contributed by atoms with Crippen molar-refractivity contribution in [1.29, 1.82) is 0 Å². The predicted octanol–water partition coefficient (Wildman–Crippen LogP) is 2.64. The lowest BCUT2D eigenvalue weighted by Gasteiger charge is -2.38. The topological polar surface area (TPSA) is 66.6 Å². The molecule has 19 heavy (non-hydrogen) atoms. The molecule has 1 aromatic rings. The lowest BCUT2D eigenvalue weighted by Crippen LogP contribution is -2.40. The number of benzene rings is 1. The fourth-order valence-corrected chi connectivity index (χ4v) is 2.84. The van der Waals surface area contributed by atoms with Crippen LogP contribution < -0.4 is 4.90 Å². The summed E-state index contributed by atoms with van der Waals surface area (Å²) in [5.74, 6) is 0. The third kappa shape index (κ3) is 3.04. The van der Waals surface area contributed by atoms with Crippen molar-refractivity contribution in [2.24, 2.45) is 0 Å². The highest BCUT2D eigenvalue weighted by Crippen LogP contribution is 2.31. The Morgan fingerprint density at radius 1 is 1.47 bits per heavy atom. The number of anilines is 1. The molecular weight excluding hydrogens is 244 g/mol. The molecule has 1 heterocycles. The number of nitro groups is 1. The number of rotatable bonds is 4. The first-order valence-corrected chi connectivity index (χ1v) is 6.76. The van der Waals surface area contributed by atoms with Gasteiger partial charge in [0.1, 0.15) is 0 Å². The van der Waals surface area contributed by atoms with Crippen LogP contribution in [-0.4, -0.2) is 29.2 Å². The number of aliphatic hydroxyl groups is 1. The van der Waals surface area contributed by atoms with Crippen LogP contribution in [0.15, 0.2) is 18.2 Å². The number of nitro benzene ring substituents is 1. The van der Waals surface area contributed by atoms with Crippen molar-refractivity contribution < 1.29 is 10.0 Å². The SMILES string of the molecule is Cc1cc([N+](=O)[O-])ccc1N1CCCCC1CCO. The van der Waals surface area contributed by atoms with Gasteiger partial charge in [-0.05, 0) is 44.2 Å². The van der Waals surface area contributed by atoms with E-state index >= 15 is 0 Å². The second kappa shape index (κ2) is 6.02. The molecule has 0 saturated carbocycles. The molecule has 2 rings (SSSR count). The van der Waals surface area contributed by atoms with Crippen molar-refractivity contribution in [3.05, 3.63) is 33.9 Å². The molecule has 1 unspecified atom stereocenters. The van der Waals surface area contributed by atoms with Gasteiger partial charge in [-0.15, -0.1) is 0 Å². The Hall–Kier alpha value is -1.62. The van der Waals surface area contributed by atoms with Crippen LogP contribution in [0.2, 0.25) is 0 Å². The third-order valence-corrected chi connectivity index (χ3v) is 3.79. The van der Waals surface area contributed by atoms with Gasteiger partial charge >= 0.3 is 0 Å². The number of hydrogen-bond acceptors (Lipinski definition) is 4. The van der Waals surface area contributed by atoms with Gasteiger partial charge in [-0.25, -0.2) is 0 Å². The van der Waals surface area contributed by atoms with E-state index in [2.05, 4.69) is 4.90 Å². The molecule has 104 valence electrons. The fourth-order valence-electron chi connectivity index (χ4n) is 2.84. The highest BCUT2D eigenvalue weighted by molar-refractivity contribution is 5.58. The summed E-state index contributed by atoms with van der Waals surface area (Å²) < 4.78 is 0. The lowest BCUT2D eigenvalue weighted by atomic mass is 9.97. The molecule has 0 aromatic heterocycles. The molecule has 0 bridgehead atoms. The third-order valence-electron chi connectivity index (χ3n) is 3.79. The molecule has 1 aliphatic rings. The van der Waals surface area contributed by atoms with E-state index in [9.17, 15) is 10.1 Å². The summed E-state index contributed by atoms with van der Waals surface area (Å²) in [6.45, 7) is 3.06. The van der Waals surface area contributed by atoms with Gasteiger partial charge in [-0.3, -0.25) is 10.1 Å². The second-order valence-corrected chi connectivity index (χ2v) is 5.08. The van der Waals surface area contributed by atoms with Gasteiger partial charge in [-0.1, -0.05) is 0 Å². The van der Waals surface area contributed by atoms with Crippen molar-refractivity contribution in [3.63, 3.8) is 0 Å². The highest BCUT2D eigenvalue weighted by atomic mass is 16.6. The molecule has 1 saturated heterocycles. The Balaban J connectivity index is 2.26. The zero-order valence-electron chi connectivity index (χ0n) is 11.2. The van der Waals surface area contributed by atoms with Crippen LogP contribution >= 0.6 is 0 Å². The Bertz CT molecular complexity index is 460. The molecule has 0 aliphatic carbocycles.